The highest BCUT2D eigenvalue weighted by Gasteiger charge is 2.15. The van der Waals surface area contributed by atoms with Gasteiger partial charge in [-0.25, -0.2) is 13.1 Å². The van der Waals surface area contributed by atoms with E-state index in [0.29, 0.717) is 24.3 Å². The van der Waals surface area contributed by atoms with Crippen molar-refractivity contribution in [1.29, 1.82) is 0 Å². The lowest BCUT2D eigenvalue weighted by atomic mass is 10.1. The van der Waals surface area contributed by atoms with Crippen molar-refractivity contribution in [3.63, 3.8) is 0 Å². The number of ether oxygens (including phenoxy) is 1. The topological polar surface area (TPSA) is 75.7 Å². The number of sulfonamides is 1. The molecule has 2 aromatic rings. The Labute approximate surface area is 161 Å². The number of carbonyl (C=O) groups excluding carboxylic acids is 1. The van der Waals surface area contributed by atoms with Crippen molar-refractivity contribution in [2.45, 2.75) is 19.8 Å². The van der Waals surface area contributed by atoms with Crippen molar-refractivity contribution in [1.82, 2.24) is 4.72 Å². The van der Waals surface area contributed by atoms with E-state index in [-0.39, 0.29) is 24.7 Å². The van der Waals surface area contributed by atoms with Crippen LogP contribution in [-0.4, -0.2) is 40.3 Å². The van der Waals surface area contributed by atoms with Gasteiger partial charge in [0.15, 0.2) is 0 Å². The Balaban J connectivity index is 1.85. The molecule has 0 saturated heterocycles. The van der Waals surface area contributed by atoms with Crippen molar-refractivity contribution in [2.75, 3.05) is 30.9 Å². The molecule has 27 heavy (non-hydrogen) atoms. The first-order valence-electron chi connectivity index (χ1n) is 8.85. The number of hydrogen-bond donors (Lipinski definition) is 1. The van der Waals surface area contributed by atoms with Crippen molar-refractivity contribution in [2.24, 2.45) is 0 Å². The third-order valence-corrected chi connectivity index (χ3v) is 5.59. The Morgan fingerprint density at radius 1 is 1.11 bits per heavy atom. The quantitative estimate of drug-likeness (QED) is 0.677. The van der Waals surface area contributed by atoms with Crippen molar-refractivity contribution in [3.8, 4) is 5.75 Å². The van der Waals surface area contributed by atoms with Crippen LogP contribution in [0.3, 0.4) is 0 Å². The van der Waals surface area contributed by atoms with Crippen LogP contribution in [0.2, 0.25) is 0 Å². The summed E-state index contributed by atoms with van der Waals surface area (Å²) in [4.78, 5) is 13.5. The van der Waals surface area contributed by atoms with Crippen LogP contribution in [0.4, 0.5) is 5.69 Å². The molecule has 7 heteroatoms. The molecule has 0 aliphatic heterocycles. The maximum Gasteiger partial charge on any atom is 0.223 e. The van der Waals surface area contributed by atoms with Crippen LogP contribution < -0.4 is 14.4 Å². The molecule has 0 saturated carbocycles. The van der Waals surface area contributed by atoms with E-state index < -0.39 is 10.0 Å². The highest BCUT2D eigenvalue weighted by molar-refractivity contribution is 7.89. The zero-order valence-corrected chi connectivity index (χ0v) is 16.5. The minimum absolute atomic E-state index is 0.0567. The van der Waals surface area contributed by atoms with Crippen molar-refractivity contribution in [3.05, 3.63) is 60.2 Å². The summed E-state index contributed by atoms with van der Waals surface area (Å²) in [5, 5.41) is 0. The molecule has 0 unspecified atom stereocenters. The van der Waals surface area contributed by atoms with Gasteiger partial charge in [0, 0.05) is 31.8 Å². The minimum Gasteiger partial charge on any atom is -0.497 e. The molecule has 0 spiro atoms. The SMILES string of the molecule is COc1cccc(N(CCNS(=O)(=O)CCCc2ccccc2)C(C)=O)c1. The molecule has 2 aromatic carbocycles. The number of hydrogen-bond acceptors (Lipinski definition) is 4. The Morgan fingerprint density at radius 2 is 1.85 bits per heavy atom. The molecule has 0 heterocycles. The smallest absolute Gasteiger partial charge is 0.223 e. The van der Waals surface area contributed by atoms with Gasteiger partial charge >= 0.3 is 0 Å². The summed E-state index contributed by atoms with van der Waals surface area (Å²) in [5.41, 5.74) is 1.79. The Morgan fingerprint density at radius 3 is 2.52 bits per heavy atom. The summed E-state index contributed by atoms with van der Waals surface area (Å²) >= 11 is 0. The Kier molecular flexibility index (Phi) is 7.82. The molecule has 0 radical (unpaired) electrons. The molecular formula is C20H26N2O4S. The molecule has 1 N–H and O–H groups in total. The van der Waals surface area contributed by atoms with Crippen LogP contribution in [0.25, 0.3) is 0 Å². The van der Waals surface area contributed by atoms with Crippen LogP contribution in [-0.2, 0) is 21.2 Å². The third-order valence-electron chi connectivity index (χ3n) is 4.12. The van der Waals surface area contributed by atoms with E-state index in [1.807, 2.05) is 30.3 Å². The molecule has 0 fully saturated rings. The first-order chi connectivity index (χ1) is 12.9. The van der Waals surface area contributed by atoms with Crippen LogP contribution in [0.5, 0.6) is 5.75 Å². The van der Waals surface area contributed by atoms with Crippen LogP contribution in [0.1, 0.15) is 18.9 Å². The fourth-order valence-electron chi connectivity index (χ4n) is 2.74. The molecule has 1 amide bonds. The van der Waals surface area contributed by atoms with Crippen LogP contribution >= 0.6 is 0 Å². The summed E-state index contributed by atoms with van der Waals surface area (Å²) in [6.45, 7) is 1.86. The predicted molar refractivity (Wildman–Crippen MR) is 108 cm³/mol. The van der Waals surface area contributed by atoms with Crippen molar-refractivity contribution < 1.29 is 17.9 Å². The second-order valence-corrected chi connectivity index (χ2v) is 8.10. The molecule has 2 rings (SSSR count). The summed E-state index contributed by atoms with van der Waals surface area (Å²) in [6.07, 6.45) is 1.26. The van der Waals surface area contributed by atoms with Gasteiger partial charge in [0.05, 0.1) is 12.9 Å². The van der Waals surface area contributed by atoms with Gasteiger partial charge in [-0.2, -0.15) is 0 Å². The average Bonchev–Trinajstić information content (AvgIpc) is 2.65. The number of methoxy groups -OCH3 is 1. The summed E-state index contributed by atoms with van der Waals surface area (Å²) in [5.74, 6) is 0.535. The first kappa shape index (κ1) is 20.9. The highest BCUT2D eigenvalue weighted by Crippen LogP contribution is 2.20. The molecule has 0 aromatic heterocycles. The van der Waals surface area contributed by atoms with E-state index in [1.165, 1.54) is 11.8 Å². The van der Waals surface area contributed by atoms with Gasteiger partial charge in [-0.05, 0) is 30.5 Å². The lowest BCUT2D eigenvalue weighted by Crippen LogP contribution is -2.38. The van der Waals surface area contributed by atoms with Gasteiger partial charge in [0.25, 0.3) is 0 Å². The summed E-state index contributed by atoms with van der Waals surface area (Å²) in [6, 6.07) is 16.9. The van der Waals surface area contributed by atoms with Crippen molar-refractivity contribution >= 4 is 21.6 Å². The number of aryl methyl sites for hydroxylation is 1. The first-order valence-corrected chi connectivity index (χ1v) is 10.5. The van der Waals surface area contributed by atoms with Gasteiger partial charge in [0.2, 0.25) is 15.9 Å². The molecule has 0 aliphatic carbocycles. The largest absolute Gasteiger partial charge is 0.497 e. The van der Waals surface area contributed by atoms with Crippen LogP contribution in [0, 0.1) is 0 Å². The number of nitrogens with zero attached hydrogens (tertiary/aromatic N) is 1. The maximum absolute atomic E-state index is 12.2. The monoisotopic (exact) mass is 390 g/mol. The zero-order valence-electron chi connectivity index (χ0n) is 15.7. The number of nitrogens with one attached hydrogen (secondary N) is 1. The van der Waals surface area contributed by atoms with Gasteiger partial charge in [0.1, 0.15) is 5.75 Å². The molecule has 146 valence electrons. The number of anilines is 1. The van der Waals surface area contributed by atoms with E-state index in [0.717, 1.165) is 5.56 Å². The van der Waals surface area contributed by atoms with E-state index in [2.05, 4.69) is 4.72 Å². The normalized spacial score (nSPS) is 11.2. The summed E-state index contributed by atoms with van der Waals surface area (Å²) in [7, 11) is -1.82. The van der Waals surface area contributed by atoms with E-state index >= 15 is 0 Å². The number of carbonyl (C=O) groups is 1. The fraction of sp³-hybridized carbons (Fsp3) is 0.350. The average molecular weight is 391 g/mol. The van der Waals surface area contributed by atoms with Gasteiger partial charge in [-0.1, -0.05) is 36.4 Å². The second-order valence-electron chi connectivity index (χ2n) is 6.17. The van der Waals surface area contributed by atoms with E-state index in [1.54, 1.807) is 31.4 Å². The van der Waals surface area contributed by atoms with Gasteiger partial charge < -0.3 is 9.64 Å². The van der Waals surface area contributed by atoms with E-state index in [4.69, 9.17) is 4.74 Å². The van der Waals surface area contributed by atoms with Crippen LogP contribution in [0.15, 0.2) is 54.6 Å². The Bertz CT molecular complexity index is 838. The lowest BCUT2D eigenvalue weighted by molar-refractivity contribution is -0.116. The zero-order chi connectivity index (χ0) is 19.7. The summed E-state index contributed by atoms with van der Waals surface area (Å²) < 4.78 is 32.1. The lowest BCUT2D eigenvalue weighted by Gasteiger charge is -2.22. The molecule has 6 nitrogen and oxygen atoms in total. The Hall–Kier alpha value is -2.38. The fourth-order valence-corrected chi connectivity index (χ4v) is 3.81. The predicted octanol–water partition coefficient (Wildman–Crippen LogP) is 2.60. The number of rotatable bonds is 10. The van der Waals surface area contributed by atoms with Gasteiger partial charge in [-0.3, -0.25) is 4.79 Å². The molecular weight excluding hydrogens is 364 g/mol. The standard InChI is InChI=1S/C20H26N2O4S/c1-17(23)22(19-11-6-12-20(16-19)26-2)14-13-21-27(24,25)15-7-10-18-8-4-3-5-9-18/h3-6,8-9,11-12,16,21H,7,10,13-15H2,1-2H3. The highest BCUT2D eigenvalue weighted by atomic mass is 32.2. The number of benzene rings is 2. The minimum atomic E-state index is -3.38. The second kappa shape index (κ2) is 10.1. The molecule has 0 aliphatic rings. The van der Waals surface area contributed by atoms with E-state index in [9.17, 15) is 13.2 Å². The maximum atomic E-state index is 12.2. The van der Waals surface area contributed by atoms with Gasteiger partial charge in [-0.15, -0.1) is 0 Å². The molecule has 0 atom stereocenters. The third kappa shape index (κ3) is 7.03. The molecule has 0 bridgehead atoms. The number of amides is 1.